The quantitative estimate of drug-likeness (QED) is 0.625. The molecule has 0 aromatic carbocycles. The smallest absolute Gasteiger partial charge is 0.234 e. The number of fused-ring (bicyclic) bond motifs is 2. The number of rotatable bonds is 5. The highest BCUT2D eigenvalue weighted by atomic mass is 19.1. The Hall–Kier alpha value is -3.35. The molecule has 0 radical (unpaired) electrons. The minimum absolute atomic E-state index is 0.0901. The zero-order chi connectivity index (χ0) is 25.7. The lowest BCUT2D eigenvalue weighted by Crippen LogP contribution is -2.61. The number of anilines is 3. The Morgan fingerprint density at radius 3 is 2.53 bits per heavy atom. The van der Waals surface area contributed by atoms with E-state index < -0.39 is 24.7 Å². The number of nitrogens with zero attached hydrogens (tertiary/aromatic N) is 7. The Labute approximate surface area is 209 Å². The van der Waals surface area contributed by atoms with Gasteiger partial charge in [0.25, 0.3) is 0 Å². The normalized spacial score (nSPS) is 22.8. The second-order valence-electron chi connectivity index (χ2n) is 10.8. The second-order valence-corrected chi connectivity index (χ2v) is 10.8. The van der Waals surface area contributed by atoms with Gasteiger partial charge in [-0.25, -0.2) is 23.7 Å². The molecule has 5 rings (SSSR count). The molecule has 3 aliphatic rings. The van der Waals surface area contributed by atoms with Gasteiger partial charge in [-0.1, -0.05) is 6.42 Å². The highest BCUT2D eigenvalue weighted by Gasteiger charge is 2.52. The van der Waals surface area contributed by atoms with Crippen molar-refractivity contribution in [3.8, 4) is 6.07 Å². The van der Waals surface area contributed by atoms with Crippen molar-refractivity contribution in [1.82, 2.24) is 19.9 Å². The van der Waals surface area contributed by atoms with E-state index in [0.717, 1.165) is 43.0 Å². The van der Waals surface area contributed by atoms with Crippen LogP contribution in [0, 0.1) is 16.7 Å². The summed E-state index contributed by atoms with van der Waals surface area (Å²) in [5, 5.41) is 9.37. The molecule has 0 N–H and O–H groups in total. The van der Waals surface area contributed by atoms with E-state index in [9.17, 15) is 18.8 Å². The number of hydrogen-bond acceptors (Lipinski definition) is 7. The van der Waals surface area contributed by atoms with E-state index >= 15 is 0 Å². The first-order chi connectivity index (χ1) is 17.3. The molecule has 2 fully saturated rings. The molecule has 4 heterocycles. The van der Waals surface area contributed by atoms with Crippen LogP contribution in [0.2, 0.25) is 0 Å². The van der Waals surface area contributed by atoms with Crippen LogP contribution in [0.25, 0.3) is 0 Å². The van der Waals surface area contributed by atoms with Gasteiger partial charge in [0.05, 0.1) is 11.6 Å². The van der Waals surface area contributed by atoms with Gasteiger partial charge in [0.15, 0.2) is 0 Å². The van der Waals surface area contributed by atoms with Crippen LogP contribution >= 0.6 is 0 Å². The molecule has 2 aliphatic heterocycles. The first kappa shape index (κ1) is 24.3. The predicted molar refractivity (Wildman–Crippen MR) is 132 cm³/mol. The molecule has 36 heavy (non-hydrogen) atoms. The van der Waals surface area contributed by atoms with E-state index in [0.29, 0.717) is 24.5 Å². The monoisotopic (exact) mass is 495 g/mol. The number of carbonyl (C=O) groups excluding carboxylic acids is 1. The molecule has 190 valence electrons. The number of nitriles is 1. The molecule has 1 aliphatic carbocycles. The second kappa shape index (κ2) is 8.95. The third kappa shape index (κ3) is 3.67. The largest absolute Gasteiger partial charge is 0.350 e. The lowest BCUT2D eigenvalue weighted by atomic mass is 9.66. The van der Waals surface area contributed by atoms with Gasteiger partial charge >= 0.3 is 0 Å². The lowest BCUT2D eigenvalue weighted by molar-refractivity contribution is -0.146. The van der Waals surface area contributed by atoms with Crippen LogP contribution in [-0.4, -0.2) is 70.8 Å². The van der Waals surface area contributed by atoms with Crippen molar-refractivity contribution in [2.75, 3.05) is 42.8 Å². The third-order valence-corrected chi connectivity index (χ3v) is 8.14. The summed E-state index contributed by atoms with van der Waals surface area (Å²) in [6, 6.07) is 5.32. The molecule has 2 aromatic heterocycles. The number of hydrogen-bond donors (Lipinski definition) is 0. The molecule has 10 heteroatoms. The van der Waals surface area contributed by atoms with Crippen LogP contribution in [0.3, 0.4) is 0 Å². The van der Waals surface area contributed by atoms with E-state index in [1.54, 1.807) is 29.6 Å². The summed E-state index contributed by atoms with van der Waals surface area (Å²) in [6.45, 7) is 4.81. The van der Waals surface area contributed by atoms with Crippen molar-refractivity contribution in [3.63, 3.8) is 0 Å². The topological polar surface area (TPSA) is 89.2 Å². The maximum Gasteiger partial charge on any atom is 0.234 e. The van der Waals surface area contributed by atoms with Crippen LogP contribution in [0.15, 0.2) is 24.7 Å². The van der Waals surface area contributed by atoms with E-state index in [1.807, 2.05) is 13.8 Å². The number of alkyl halides is 2. The van der Waals surface area contributed by atoms with Crippen molar-refractivity contribution < 1.29 is 13.6 Å². The summed E-state index contributed by atoms with van der Waals surface area (Å²) >= 11 is 0. The SMILES string of the molecule is C[C@@H]1CN(c2ncnc3c2C2(CCC2)CN3c2cc(C#N)ccn2)[C@@H](C)CN1C(=O)C(C)(CF)CF. The van der Waals surface area contributed by atoms with E-state index in [2.05, 4.69) is 25.8 Å². The van der Waals surface area contributed by atoms with E-state index in [4.69, 9.17) is 4.98 Å². The zero-order valence-electron chi connectivity index (χ0n) is 20.9. The van der Waals surface area contributed by atoms with Crippen molar-refractivity contribution >= 4 is 23.4 Å². The molecule has 2 atom stereocenters. The van der Waals surface area contributed by atoms with Gasteiger partial charge in [-0.2, -0.15) is 5.26 Å². The zero-order valence-corrected chi connectivity index (χ0v) is 20.9. The van der Waals surface area contributed by atoms with E-state index in [1.165, 1.54) is 6.92 Å². The minimum atomic E-state index is -1.65. The maximum absolute atomic E-state index is 13.6. The molecule has 1 spiro atoms. The molecule has 0 unspecified atom stereocenters. The fourth-order valence-electron chi connectivity index (χ4n) is 5.76. The molecule has 2 aromatic rings. The molecule has 1 saturated heterocycles. The number of pyridine rings is 1. The molecule has 0 bridgehead atoms. The summed E-state index contributed by atoms with van der Waals surface area (Å²) in [7, 11) is 0. The first-order valence-corrected chi connectivity index (χ1v) is 12.5. The molecule has 1 amide bonds. The van der Waals surface area contributed by atoms with Gasteiger partial charge in [0.1, 0.15) is 42.5 Å². The molecule has 8 nitrogen and oxygen atoms in total. The number of halogens is 2. The lowest BCUT2D eigenvalue weighted by Gasteiger charge is -2.48. The Bertz CT molecular complexity index is 1210. The summed E-state index contributed by atoms with van der Waals surface area (Å²) < 4.78 is 27.2. The predicted octanol–water partition coefficient (Wildman–Crippen LogP) is 3.69. The summed E-state index contributed by atoms with van der Waals surface area (Å²) in [5.41, 5.74) is -0.0974. The van der Waals surface area contributed by atoms with Gasteiger partial charge in [-0.3, -0.25) is 4.79 Å². The number of carbonyl (C=O) groups is 1. The van der Waals surface area contributed by atoms with Crippen molar-refractivity contribution in [3.05, 3.63) is 35.8 Å². The highest BCUT2D eigenvalue weighted by molar-refractivity contribution is 5.83. The van der Waals surface area contributed by atoms with Gasteiger partial charge in [0.2, 0.25) is 5.91 Å². The Balaban J connectivity index is 1.50. The van der Waals surface area contributed by atoms with Gasteiger partial charge in [-0.05, 0) is 45.7 Å². The number of amides is 1. The Morgan fingerprint density at radius 1 is 1.17 bits per heavy atom. The van der Waals surface area contributed by atoms with Crippen LogP contribution in [0.1, 0.15) is 51.2 Å². The maximum atomic E-state index is 13.6. The van der Waals surface area contributed by atoms with Crippen LogP contribution in [0.4, 0.5) is 26.2 Å². The number of piperazine rings is 1. The summed E-state index contributed by atoms with van der Waals surface area (Å²) in [5.74, 6) is 1.87. The van der Waals surface area contributed by atoms with Crippen molar-refractivity contribution in [2.45, 2.75) is 57.5 Å². The van der Waals surface area contributed by atoms with Crippen LogP contribution in [0.5, 0.6) is 0 Å². The fraction of sp³-hybridized carbons (Fsp3) is 0.577. The van der Waals surface area contributed by atoms with Gasteiger partial charge in [-0.15, -0.1) is 0 Å². The van der Waals surface area contributed by atoms with Crippen molar-refractivity contribution in [1.29, 1.82) is 5.26 Å². The first-order valence-electron chi connectivity index (χ1n) is 12.5. The highest BCUT2D eigenvalue weighted by Crippen LogP contribution is 2.56. The summed E-state index contributed by atoms with van der Waals surface area (Å²) in [6.07, 6.45) is 6.35. The van der Waals surface area contributed by atoms with Crippen LogP contribution in [-0.2, 0) is 10.2 Å². The minimum Gasteiger partial charge on any atom is -0.350 e. The van der Waals surface area contributed by atoms with Crippen LogP contribution < -0.4 is 9.80 Å². The standard InChI is InChI=1S/C26H31F2N7O/c1-17-12-34(24(36)25(3,13-27)14-28)18(2)11-33(17)22-21-23(32-16-31-22)35(15-26(21)6-4-7-26)20-9-19(10-29)5-8-30-20/h5,8-9,16-18H,4,6-7,11-15H2,1-3H3/t17-,18+/m0/s1. The average molecular weight is 496 g/mol. The van der Waals surface area contributed by atoms with Gasteiger partial charge < -0.3 is 14.7 Å². The number of aromatic nitrogens is 3. The fourth-order valence-corrected chi connectivity index (χ4v) is 5.76. The van der Waals surface area contributed by atoms with E-state index in [-0.39, 0.29) is 17.5 Å². The Morgan fingerprint density at radius 2 is 1.89 bits per heavy atom. The summed E-state index contributed by atoms with van der Waals surface area (Å²) in [4.78, 5) is 32.9. The molecule has 1 saturated carbocycles. The molecular formula is C26H31F2N7O. The van der Waals surface area contributed by atoms with Gasteiger partial charge in [0, 0.05) is 48.9 Å². The Kier molecular flexibility index (Phi) is 6.05. The van der Waals surface area contributed by atoms with Crippen molar-refractivity contribution in [2.24, 2.45) is 5.41 Å². The third-order valence-electron chi connectivity index (χ3n) is 8.14. The molecular weight excluding hydrogens is 464 g/mol. The average Bonchev–Trinajstić information content (AvgIpc) is 3.25.